The molecule has 0 atom stereocenters. The van der Waals surface area contributed by atoms with Crippen LogP contribution in [0.1, 0.15) is 19.4 Å². The first-order chi connectivity index (χ1) is 9.51. The summed E-state index contributed by atoms with van der Waals surface area (Å²) < 4.78 is 5.29. The summed E-state index contributed by atoms with van der Waals surface area (Å²) in [5.41, 5.74) is 1.13. The molecule has 0 saturated heterocycles. The molecular weight excluding hydrogens is 258 g/mol. The maximum atomic E-state index is 11.5. The fourth-order valence-corrected chi connectivity index (χ4v) is 1.52. The number of hydrogen-bond donors (Lipinski definition) is 3. The number of ether oxygens (including phenoxy) is 1. The van der Waals surface area contributed by atoms with E-state index in [0.717, 1.165) is 12.1 Å². The first-order valence-electron chi connectivity index (χ1n) is 6.48. The molecular formula is C14H21N3O3. The van der Waals surface area contributed by atoms with E-state index < -0.39 is 11.9 Å². The Labute approximate surface area is 118 Å². The Morgan fingerprint density at radius 1 is 1.20 bits per heavy atom. The van der Waals surface area contributed by atoms with Crippen molar-refractivity contribution in [1.82, 2.24) is 16.0 Å². The Balaban J connectivity index is 2.35. The number of carbonyl (C=O) groups excluding carboxylic acids is 2. The molecule has 0 heterocycles. The summed E-state index contributed by atoms with van der Waals surface area (Å²) in [6.45, 7) is 4.20. The molecule has 3 N–H and O–H groups in total. The lowest BCUT2D eigenvalue weighted by Crippen LogP contribution is -2.44. The minimum Gasteiger partial charge on any atom is -0.484 e. The van der Waals surface area contributed by atoms with Gasteiger partial charge in [0.25, 0.3) is 5.91 Å². The number of rotatable bonds is 6. The van der Waals surface area contributed by atoms with E-state index in [1.54, 1.807) is 12.1 Å². The Kier molecular flexibility index (Phi) is 6.52. The van der Waals surface area contributed by atoms with Crippen LogP contribution in [0.25, 0.3) is 0 Å². The van der Waals surface area contributed by atoms with Gasteiger partial charge in [-0.2, -0.15) is 0 Å². The van der Waals surface area contributed by atoms with Crippen LogP contribution in [0.5, 0.6) is 5.75 Å². The van der Waals surface area contributed by atoms with Gasteiger partial charge < -0.3 is 15.4 Å². The van der Waals surface area contributed by atoms with Crippen LogP contribution in [0.15, 0.2) is 24.3 Å². The zero-order valence-corrected chi connectivity index (χ0v) is 12.0. The molecule has 0 aliphatic carbocycles. The highest BCUT2D eigenvalue weighted by Gasteiger charge is 2.09. The molecule has 0 aromatic heterocycles. The Hall–Kier alpha value is -2.08. The summed E-state index contributed by atoms with van der Waals surface area (Å²) in [5.74, 6) is 0.103. The van der Waals surface area contributed by atoms with E-state index in [0.29, 0.717) is 5.75 Å². The molecule has 0 aliphatic rings. The van der Waals surface area contributed by atoms with Gasteiger partial charge in [0.2, 0.25) is 0 Å². The SMILES string of the molecule is CNCc1ccc(OCC(=O)NC(=O)NC(C)C)cc1. The molecule has 0 aliphatic heterocycles. The van der Waals surface area contributed by atoms with Gasteiger partial charge in [-0.15, -0.1) is 0 Å². The number of imide groups is 1. The number of hydrogen-bond acceptors (Lipinski definition) is 4. The lowest BCUT2D eigenvalue weighted by atomic mass is 10.2. The van der Waals surface area contributed by atoms with Gasteiger partial charge in [0.1, 0.15) is 5.75 Å². The highest BCUT2D eigenvalue weighted by Crippen LogP contribution is 2.11. The second-order valence-corrected chi connectivity index (χ2v) is 4.64. The van der Waals surface area contributed by atoms with E-state index in [-0.39, 0.29) is 12.6 Å². The summed E-state index contributed by atoms with van der Waals surface area (Å²) >= 11 is 0. The van der Waals surface area contributed by atoms with Crippen molar-refractivity contribution in [3.8, 4) is 5.75 Å². The molecule has 6 nitrogen and oxygen atoms in total. The van der Waals surface area contributed by atoms with E-state index in [9.17, 15) is 9.59 Å². The second kappa shape index (κ2) is 8.16. The highest BCUT2D eigenvalue weighted by atomic mass is 16.5. The van der Waals surface area contributed by atoms with Crippen molar-refractivity contribution in [1.29, 1.82) is 0 Å². The molecule has 1 aromatic rings. The van der Waals surface area contributed by atoms with Crippen LogP contribution in [0.3, 0.4) is 0 Å². The minimum atomic E-state index is -0.516. The quantitative estimate of drug-likeness (QED) is 0.726. The predicted molar refractivity (Wildman–Crippen MR) is 76.5 cm³/mol. The molecule has 0 spiro atoms. The van der Waals surface area contributed by atoms with Gasteiger partial charge in [0, 0.05) is 12.6 Å². The zero-order valence-electron chi connectivity index (χ0n) is 12.0. The van der Waals surface area contributed by atoms with Crippen molar-refractivity contribution in [3.63, 3.8) is 0 Å². The molecule has 20 heavy (non-hydrogen) atoms. The van der Waals surface area contributed by atoms with Gasteiger partial charge in [0.15, 0.2) is 6.61 Å². The molecule has 0 fully saturated rings. The zero-order chi connectivity index (χ0) is 15.0. The van der Waals surface area contributed by atoms with E-state index >= 15 is 0 Å². The van der Waals surface area contributed by atoms with Crippen LogP contribution in [0, 0.1) is 0 Å². The van der Waals surface area contributed by atoms with Gasteiger partial charge in [-0.25, -0.2) is 4.79 Å². The predicted octanol–water partition coefficient (Wildman–Crippen LogP) is 1.02. The average Bonchev–Trinajstić information content (AvgIpc) is 2.37. The summed E-state index contributed by atoms with van der Waals surface area (Å²) in [7, 11) is 1.87. The normalized spacial score (nSPS) is 10.2. The molecule has 0 radical (unpaired) electrons. The lowest BCUT2D eigenvalue weighted by molar-refractivity contribution is -0.122. The van der Waals surface area contributed by atoms with Gasteiger partial charge >= 0.3 is 6.03 Å². The van der Waals surface area contributed by atoms with Crippen LogP contribution in [-0.4, -0.2) is 31.6 Å². The van der Waals surface area contributed by atoms with Crippen LogP contribution in [-0.2, 0) is 11.3 Å². The summed E-state index contributed by atoms with van der Waals surface area (Å²) in [6.07, 6.45) is 0. The standard InChI is InChI=1S/C14H21N3O3/c1-10(2)16-14(19)17-13(18)9-20-12-6-4-11(5-7-12)8-15-3/h4-7,10,15H,8-9H2,1-3H3,(H2,16,17,18,19). The Morgan fingerprint density at radius 2 is 1.85 bits per heavy atom. The highest BCUT2D eigenvalue weighted by molar-refractivity contribution is 5.95. The molecule has 3 amide bonds. The Bertz CT molecular complexity index is 443. The summed E-state index contributed by atoms with van der Waals surface area (Å²) in [5, 5.41) is 7.79. The Morgan fingerprint density at radius 3 is 2.40 bits per heavy atom. The smallest absolute Gasteiger partial charge is 0.321 e. The number of carbonyl (C=O) groups is 2. The van der Waals surface area contributed by atoms with Crippen molar-refractivity contribution in [2.24, 2.45) is 0 Å². The summed E-state index contributed by atoms with van der Waals surface area (Å²) in [4.78, 5) is 22.8. The van der Waals surface area contributed by atoms with E-state index in [2.05, 4.69) is 16.0 Å². The average molecular weight is 279 g/mol. The van der Waals surface area contributed by atoms with Gasteiger partial charge in [0.05, 0.1) is 0 Å². The van der Waals surface area contributed by atoms with Crippen LogP contribution < -0.4 is 20.7 Å². The lowest BCUT2D eigenvalue weighted by Gasteiger charge is -2.10. The number of benzene rings is 1. The van der Waals surface area contributed by atoms with Crippen molar-refractivity contribution in [3.05, 3.63) is 29.8 Å². The molecule has 1 rings (SSSR count). The van der Waals surface area contributed by atoms with E-state index in [1.165, 1.54) is 0 Å². The monoisotopic (exact) mass is 279 g/mol. The third-order valence-corrected chi connectivity index (χ3v) is 2.35. The topological polar surface area (TPSA) is 79.5 Å². The second-order valence-electron chi connectivity index (χ2n) is 4.64. The van der Waals surface area contributed by atoms with Crippen LogP contribution in [0.2, 0.25) is 0 Å². The minimum absolute atomic E-state index is 0.0246. The van der Waals surface area contributed by atoms with Crippen LogP contribution in [0.4, 0.5) is 4.79 Å². The van der Waals surface area contributed by atoms with Crippen molar-refractivity contribution in [2.75, 3.05) is 13.7 Å². The first kappa shape index (κ1) is 16.0. The fraction of sp³-hybridized carbons (Fsp3) is 0.429. The fourth-order valence-electron chi connectivity index (χ4n) is 1.52. The molecule has 6 heteroatoms. The molecule has 0 saturated carbocycles. The van der Waals surface area contributed by atoms with Gasteiger partial charge in [-0.3, -0.25) is 10.1 Å². The van der Waals surface area contributed by atoms with Crippen molar-refractivity contribution < 1.29 is 14.3 Å². The van der Waals surface area contributed by atoms with Crippen LogP contribution >= 0.6 is 0 Å². The molecule has 110 valence electrons. The molecule has 0 bridgehead atoms. The molecule has 0 unspecified atom stereocenters. The van der Waals surface area contributed by atoms with E-state index in [4.69, 9.17) is 4.74 Å². The largest absolute Gasteiger partial charge is 0.484 e. The van der Waals surface area contributed by atoms with Gasteiger partial charge in [-0.1, -0.05) is 12.1 Å². The van der Waals surface area contributed by atoms with Crippen molar-refractivity contribution >= 4 is 11.9 Å². The van der Waals surface area contributed by atoms with Gasteiger partial charge in [-0.05, 0) is 38.6 Å². The summed E-state index contributed by atoms with van der Waals surface area (Å²) in [6, 6.07) is 6.86. The maximum Gasteiger partial charge on any atom is 0.321 e. The number of nitrogens with one attached hydrogen (secondary N) is 3. The van der Waals surface area contributed by atoms with Crippen molar-refractivity contribution in [2.45, 2.75) is 26.4 Å². The maximum absolute atomic E-state index is 11.5. The molecule has 1 aromatic carbocycles. The first-order valence-corrected chi connectivity index (χ1v) is 6.48. The third kappa shape index (κ3) is 6.19. The third-order valence-electron chi connectivity index (χ3n) is 2.35. The number of urea groups is 1. The van der Waals surface area contributed by atoms with E-state index in [1.807, 2.05) is 33.0 Å². The number of amides is 3.